The average molecular weight is 525 g/mol. The lowest BCUT2D eigenvalue weighted by molar-refractivity contribution is 0.154. The van der Waals surface area contributed by atoms with Crippen molar-refractivity contribution in [1.29, 1.82) is 5.26 Å². The highest BCUT2D eigenvalue weighted by atomic mass is 35.5. The number of rotatable bonds is 3. The van der Waals surface area contributed by atoms with Gasteiger partial charge in [-0.3, -0.25) is 4.68 Å². The molecular formula is C26H30Cl2N8. The van der Waals surface area contributed by atoms with Crippen LogP contribution in [-0.2, 0) is 7.05 Å². The number of nitriles is 1. The molecule has 8 nitrogen and oxygen atoms in total. The second-order valence-corrected chi connectivity index (χ2v) is 9.65. The highest BCUT2D eigenvalue weighted by molar-refractivity contribution is 5.87. The average Bonchev–Trinajstić information content (AvgIpc) is 3.50. The smallest absolute Gasteiger partial charge is 0.128 e. The Kier molecular flexibility index (Phi) is 7.55. The molecule has 0 bridgehead atoms. The van der Waals surface area contributed by atoms with Crippen molar-refractivity contribution in [3.63, 3.8) is 0 Å². The van der Waals surface area contributed by atoms with E-state index in [9.17, 15) is 5.26 Å². The number of piperidine rings is 2. The molecule has 0 saturated carbocycles. The molecule has 2 fully saturated rings. The number of hydrogen-bond donors (Lipinski definition) is 1. The third kappa shape index (κ3) is 4.66. The minimum Gasteiger partial charge on any atom is -0.357 e. The zero-order chi connectivity index (χ0) is 23.1. The van der Waals surface area contributed by atoms with Crippen LogP contribution < -0.4 is 10.2 Å². The Hall–Kier alpha value is -3.12. The van der Waals surface area contributed by atoms with Crippen molar-refractivity contribution in [1.82, 2.24) is 29.7 Å². The summed E-state index contributed by atoms with van der Waals surface area (Å²) in [6, 6.07) is 8.62. The van der Waals surface area contributed by atoms with Gasteiger partial charge in [0.05, 0.1) is 23.5 Å². The summed E-state index contributed by atoms with van der Waals surface area (Å²) in [4.78, 5) is 7.26. The third-order valence-corrected chi connectivity index (χ3v) is 7.64. The van der Waals surface area contributed by atoms with E-state index in [-0.39, 0.29) is 24.8 Å². The molecule has 2 aliphatic rings. The molecule has 0 unspecified atom stereocenters. The standard InChI is InChI=1S/C26H28N8.2ClH/c1-32-17-22(16-30-32)20-12-23(25-21(13-27)15-31-34(25)18-20)19-2-3-24(29-14-19)33-10-6-26(7-11-33)4-8-28-9-5-26;;/h2-3,12,14-18,28H,4-11H2,1H3;2*1H. The predicted octanol–water partition coefficient (Wildman–Crippen LogP) is 4.48. The van der Waals surface area contributed by atoms with Gasteiger partial charge in [0.15, 0.2) is 0 Å². The molecule has 188 valence electrons. The summed E-state index contributed by atoms with van der Waals surface area (Å²) in [6.45, 7) is 4.43. The summed E-state index contributed by atoms with van der Waals surface area (Å²) in [5, 5.41) is 21.9. The van der Waals surface area contributed by atoms with Gasteiger partial charge in [-0.1, -0.05) is 0 Å². The number of pyridine rings is 2. The van der Waals surface area contributed by atoms with Crippen LogP contribution in [0, 0.1) is 16.7 Å². The number of nitrogens with one attached hydrogen (secondary N) is 1. The Morgan fingerprint density at radius 2 is 1.69 bits per heavy atom. The van der Waals surface area contributed by atoms with E-state index in [1.54, 1.807) is 15.4 Å². The summed E-state index contributed by atoms with van der Waals surface area (Å²) < 4.78 is 3.57. The number of anilines is 1. The first-order valence-electron chi connectivity index (χ1n) is 12.0. The van der Waals surface area contributed by atoms with Crippen LogP contribution in [0.25, 0.3) is 27.8 Å². The SMILES string of the molecule is Cl.Cl.Cn1cc(-c2cc(-c3ccc(N4CCC5(CCNCC5)CC4)nc3)c3c(C#N)cnn3c2)cn1. The highest BCUT2D eigenvalue weighted by Gasteiger charge is 2.35. The molecule has 36 heavy (non-hydrogen) atoms. The van der Waals surface area contributed by atoms with Crippen LogP contribution in [0.1, 0.15) is 31.2 Å². The van der Waals surface area contributed by atoms with Crippen LogP contribution in [0.3, 0.4) is 0 Å². The molecule has 10 heteroatoms. The molecule has 0 atom stereocenters. The lowest BCUT2D eigenvalue weighted by atomic mass is 9.71. The van der Waals surface area contributed by atoms with E-state index in [4.69, 9.17) is 4.98 Å². The summed E-state index contributed by atoms with van der Waals surface area (Å²) in [6.07, 6.45) is 14.4. The van der Waals surface area contributed by atoms with Crippen molar-refractivity contribution >= 4 is 36.1 Å². The zero-order valence-corrected chi connectivity index (χ0v) is 21.9. The van der Waals surface area contributed by atoms with Crippen LogP contribution in [0.4, 0.5) is 5.82 Å². The van der Waals surface area contributed by atoms with Crippen LogP contribution in [0.2, 0.25) is 0 Å². The quantitative estimate of drug-likeness (QED) is 0.425. The molecule has 0 aliphatic carbocycles. The van der Waals surface area contributed by atoms with E-state index < -0.39 is 0 Å². The first-order chi connectivity index (χ1) is 16.6. The van der Waals surface area contributed by atoms with Gasteiger partial charge >= 0.3 is 0 Å². The Bertz CT molecular complexity index is 1370. The molecule has 4 aromatic rings. The van der Waals surface area contributed by atoms with Gasteiger partial charge in [0.25, 0.3) is 0 Å². The molecule has 6 rings (SSSR count). The molecule has 0 aromatic carbocycles. The molecule has 1 spiro atoms. The van der Waals surface area contributed by atoms with E-state index in [0.717, 1.165) is 59.8 Å². The summed E-state index contributed by atoms with van der Waals surface area (Å²) >= 11 is 0. The van der Waals surface area contributed by atoms with E-state index >= 15 is 0 Å². The van der Waals surface area contributed by atoms with Crippen LogP contribution in [-0.4, -0.2) is 50.6 Å². The molecule has 0 amide bonds. The Labute approximate surface area is 223 Å². The minimum absolute atomic E-state index is 0. The topological polar surface area (TPSA) is 87.1 Å². The zero-order valence-electron chi connectivity index (χ0n) is 20.2. The van der Waals surface area contributed by atoms with Crippen LogP contribution in [0.15, 0.2) is 49.2 Å². The number of fused-ring (bicyclic) bond motifs is 1. The monoisotopic (exact) mass is 524 g/mol. The second kappa shape index (κ2) is 10.5. The predicted molar refractivity (Wildman–Crippen MR) is 146 cm³/mol. The summed E-state index contributed by atoms with van der Waals surface area (Å²) in [5.74, 6) is 1.03. The normalized spacial score (nSPS) is 16.8. The largest absolute Gasteiger partial charge is 0.357 e. The van der Waals surface area contributed by atoms with E-state index in [2.05, 4.69) is 44.7 Å². The first kappa shape index (κ1) is 26.0. The van der Waals surface area contributed by atoms with Gasteiger partial charge in [-0.15, -0.1) is 24.8 Å². The summed E-state index contributed by atoms with van der Waals surface area (Å²) in [5.41, 5.74) is 5.80. The molecule has 6 heterocycles. The molecule has 2 saturated heterocycles. The second-order valence-electron chi connectivity index (χ2n) is 9.65. The number of halogens is 2. The third-order valence-electron chi connectivity index (χ3n) is 7.64. The molecule has 2 aliphatic heterocycles. The molecular weight excluding hydrogens is 495 g/mol. The molecule has 0 radical (unpaired) electrons. The van der Waals surface area contributed by atoms with Crippen molar-refractivity contribution in [2.75, 3.05) is 31.1 Å². The maximum Gasteiger partial charge on any atom is 0.128 e. The van der Waals surface area contributed by atoms with Gasteiger partial charge in [-0.05, 0) is 62.4 Å². The fraction of sp³-hybridized carbons (Fsp3) is 0.385. The molecule has 1 N–H and O–H groups in total. The van der Waals surface area contributed by atoms with Crippen molar-refractivity contribution in [2.45, 2.75) is 25.7 Å². The fourth-order valence-corrected chi connectivity index (χ4v) is 5.55. The Morgan fingerprint density at radius 1 is 0.917 bits per heavy atom. The van der Waals surface area contributed by atoms with Gasteiger partial charge in [0, 0.05) is 61.0 Å². The lowest BCUT2D eigenvalue weighted by Crippen LogP contribution is -2.45. The maximum atomic E-state index is 9.66. The summed E-state index contributed by atoms with van der Waals surface area (Å²) in [7, 11) is 1.90. The number of aryl methyl sites for hydroxylation is 1. The van der Waals surface area contributed by atoms with Gasteiger partial charge < -0.3 is 10.2 Å². The van der Waals surface area contributed by atoms with Crippen molar-refractivity contribution in [2.24, 2.45) is 12.5 Å². The van der Waals surface area contributed by atoms with Gasteiger partial charge in [0.2, 0.25) is 0 Å². The Balaban J connectivity index is 0.00000152. The van der Waals surface area contributed by atoms with E-state index in [1.807, 2.05) is 31.8 Å². The Morgan fingerprint density at radius 3 is 2.33 bits per heavy atom. The van der Waals surface area contributed by atoms with E-state index in [0.29, 0.717) is 11.0 Å². The number of aromatic nitrogens is 5. The maximum absolute atomic E-state index is 9.66. The van der Waals surface area contributed by atoms with Crippen molar-refractivity contribution < 1.29 is 0 Å². The number of nitrogens with zero attached hydrogens (tertiary/aromatic N) is 7. The van der Waals surface area contributed by atoms with E-state index in [1.165, 1.54) is 25.7 Å². The first-order valence-corrected chi connectivity index (χ1v) is 12.0. The van der Waals surface area contributed by atoms with Crippen LogP contribution in [0.5, 0.6) is 0 Å². The molecule has 4 aromatic heterocycles. The van der Waals surface area contributed by atoms with Gasteiger partial charge in [-0.2, -0.15) is 15.5 Å². The van der Waals surface area contributed by atoms with Crippen molar-refractivity contribution in [3.8, 4) is 28.3 Å². The van der Waals surface area contributed by atoms with Gasteiger partial charge in [-0.25, -0.2) is 9.50 Å². The highest BCUT2D eigenvalue weighted by Crippen LogP contribution is 2.40. The lowest BCUT2D eigenvalue weighted by Gasteiger charge is -2.44. The minimum atomic E-state index is 0. The van der Waals surface area contributed by atoms with Gasteiger partial charge in [0.1, 0.15) is 11.9 Å². The van der Waals surface area contributed by atoms with Crippen molar-refractivity contribution in [3.05, 3.63) is 54.7 Å². The number of hydrogen-bond acceptors (Lipinski definition) is 6. The fourth-order valence-electron chi connectivity index (χ4n) is 5.55. The van der Waals surface area contributed by atoms with Crippen LogP contribution >= 0.6 is 24.8 Å².